The average molecular weight is 284 g/mol. The summed E-state index contributed by atoms with van der Waals surface area (Å²) in [5.41, 5.74) is 1.06. The predicted molar refractivity (Wildman–Crippen MR) is 69.2 cm³/mol. The van der Waals surface area contributed by atoms with Crippen molar-refractivity contribution in [2.24, 2.45) is 0 Å². The van der Waals surface area contributed by atoms with Crippen LogP contribution in [0.3, 0.4) is 0 Å². The highest BCUT2D eigenvalue weighted by Crippen LogP contribution is 2.27. The average Bonchev–Trinajstić information content (AvgIpc) is 2.68. The number of ether oxygens (including phenoxy) is 1. The van der Waals surface area contributed by atoms with E-state index in [-0.39, 0.29) is 5.69 Å². The zero-order valence-electron chi connectivity index (χ0n) is 10.8. The van der Waals surface area contributed by atoms with Gasteiger partial charge in [-0.15, -0.1) is 0 Å². The number of non-ortho nitro benzene ring substituents is 1. The van der Waals surface area contributed by atoms with E-state index in [4.69, 9.17) is 9.84 Å². The molecule has 8 nitrogen and oxygen atoms in total. The molecule has 20 heavy (non-hydrogen) atoms. The lowest BCUT2D eigenvalue weighted by molar-refractivity contribution is -0.384. The predicted octanol–water partition coefficient (Wildman–Crippen LogP) is -0.246. The second-order valence-corrected chi connectivity index (χ2v) is 4.66. The number of rotatable bonds is 4. The molecular formula is C12H16N2O6. The van der Waals surface area contributed by atoms with Crippen molar-refractivity contribution in [3.8, 4) is 0 Å². The molecule has 0 aliphatic carbocycles. The van der Waals surface area contributed by atoms with Gasteiger partial charge in [0.15, 0.2) is 6.23 Å². The topological polar surface area (TPSA) is 125 Å². The number of nitrogens with one attached hydrogen (secondary N) is 1. The van der Waals surface area contributed by atoms with Gasteiger partial charge in [0.1, 0.15) is 18.3 Å². The van der Waals surface area contributed by atoms with Crippen LogP contribution in [-0.2, 0) is 4.74 Å². The van der Waals surface area contributed by atoms with Crippen molar-refractivity contribution in [2.75, 3.05) is 11.9 Å². The fourth-order valence-electron chi connectivity index (χ4n) is 2.05. The third-order valence-corrected chi connectivity index (χ3v) is 3.27. The molecule has 4 atom stereocenters. The Hall–Kier alpha value is -1.74. The Morgan fingerprint density at radius 2 is 2.10 bits per heavy atom. The smallest absolute Gasteiger partial charge is 0.271 e. The fraction of sp³-hybridized carbons (Fsp3) is 0.500. The van der Waals surface area contributed by atoms with Gasteiger partial charge in [0.25, 0.3) is 5.69 Å². The summed E-state index contributed by atoms with van der Waals surface area (Å²) < 4.78 is 5.26. The third-order valence-electron chi connectivity index (χ3n) is 3.27. The molecule has 0 unspecified atom stereocenters. The molecule has 1 saturated heterocycles. The minimum atomic E-state index is -1.23. The normalized spacial score (nSPS) is 29.4. The summed E-state index contributed by atoms with van der Waals surface area (Å²) in [6.07, 6.45) is -4.27. The van der Waals surface area contributed by atoms with Gasteiger partial charge in [0.05, 0.1) is 11.5 Å². The highest BCUT2D eigenvalue weighted by Gasteiger charge is 2.42. The molecule has 8 heteroatoms. The summed E-state index contributed by atoms with van der Waals surface area (Å²) >= 11 is 0. The summed E-state index contributed by atoms with van der Waals surface area (Å²) in [6.45, 7) is 1.32. The molecule has 1 fully saturated rings. The first-order valence-electron chi connectivity index (χ1n) is 6.08. The zero-order valence-corrected chi connectivity index (χ0v) is 10.8. The van der Waals surface area contributed by atoms with Crippen molar-refractivity contribution in [3.63, 3.8) is 0 Å². The number of anilines is 1. The quantitative estimate of drug-likeness (QED) is 0.444. The number of nitrogens with zero attached hydrogens (tertiary/aromatic N) is 1. The Bertz CT molecular complexity index is 509. The van der Waals surface area contributed by atoms with E-state index in [1.165, 1.54) is 12.1 Å². The molecule has 1 heterocycles. The molecule has 0 radical (unpaired) electrons. The van der Waals surface area contributed by atoms with Crippen molar-refractivity contribution in [2.45, 2.75) is 31.5 Å². The van der Waals surface area contributed by atoms with E-state index in [9.17, 15) is 20.3 Å². The number of aryl methyl sites for hydroxylation is 1. The summed E-state index contributed by atoms with van der Waals surface area (Å²) in [5.74, 6) is 0. The van der Waals surface area contributed by atoms with E-state index in [1.54, 1.807) is 13.0 Å². The van der Waals surface area contributed by atoms with E-state index in [2.05, 4.69) is 5.32 Å². The molecule has 2 rings (SSSR count). The molecule has 0 spiro atoms. The Morgan fingerprint density at radius 3 is 2.65 bits per heavy atom. The van der Waals surface area contributed by atoms with Gasteiger partial charge in [-0.1, -0.05) is 6.07 Å². The fourth-order valence-corrected chi connectivity index (χ4v) is 2.05. The largest absolute Gasteiger partial charge is 0.394 e. The third kappa shape index (κ3) is 2.73. The van der Waals surface area contributed by atoms with Crippen LogP contribution in [0.25, 0.3) is 0 Å². The lowest BCUT2D eigenvalue weighted by atomic mass is 10.1. The first-order valence-corrected chi connectivity index (χ1v) is 6.08. The summed E-state index contributed by atoms with van der Waals surface area (Å²) in [6, 6.07) is 4.27. The van der Waals surface area contributed by atoms with Crippen molar-refractivity contribution < 1.29 is 25.0 Å². The van der Waals surface area contributed by atoms with E-state index in [1.807, 2.05) is 0 Å². The maximum absolute atomic E-state index is 10.7. The zero-order chi connectivity index (χ0) is 14.9. The molecule has 0 bridgehead atoms. The van der Waals surface area contributed by atoms with Crippen LogP contribution in [0, 0.1) is 17.0 Å². The summed E-state index contributed by atoms with van der Waals surface area (Å²) in [5, 5.41) is 42.0. The van der Waals surface area contributed by atoms with Gasteiger partial charge in [-0.05, 0) is 12.5 Å². The van der Waals surface area contributed by atoms with E-state index < -0.39 is 36.1 Å². The van der Waals surface area contributed by atoms with Crippen molar-refractivity contribution in [3.05, 3.63) is 33.9 Å². The summed E-state index contributed by atoms with van der Waals surface area (Å²) in [7, 11) is 0. The van der Waals surface area contributed by atoms with Gasteiger partial charge in [-0.3, -0.25) is 10.1 Å². The maximum atomic E-state index is 10.7. The molecule has 1 aliphatic heterocycles. The molecule has 1 aromatic carbocycles. The minimum absolute atomic E-state index is 0.0927. The molecule has 0 amide bonds. The Morgan fingerprint density at radius 1 is 1.40 bits per heavy atom. The van der Waals surface area contributed by atoms with Crippen LogP contribution in [0.2, 0.25) is 0 Å². The lowest BCUT2D eigenvalue weighted by Crippen LogP contribution is -2.36. The highest BCUT2D eigenvalue weighted by atomic mass is 16.6. The molecule has 1 aromatic rings. The van der Waals surface area contributed by atoms with E-state index >= 15 is 0 Å². The van der Waals surface area contributed by atoms with Gasteiger partial charge in [0, 0.05) is 17.8 Å². The van der Waals surface area contributed by atoms with Gasteiger partial charge in [0.2, 0.25) is 0 Å². The Kier molecular flexibility index (Phi) is 4.19. The second kappa shape index (κ2) is 5.71. The van der Waals surface area contributed by atoms with Crippen LogP contribution in [0.5, 0.6) is 0 Å². The second-order valence-electron chi connectivity index (χ2n) is 4.66. The van der Waals surface area contributed by atoms with Crippen LogP contribution in [0.15, 0.2) is 18.2 Å². The van der Waals surface area contributed by atoms with Gasteiger partial charge < -0.3 is 25.4 Å². The Balaban J connectivity index is 2.18. The van der Waals surface area contributed by atoms with Gasteiger partial charge in [-0.2, -0.15) is 0 Å². The first kappa shape index (κ1) is 14.7. The van der Waals surface area contributed by atoms with Crippen molar-refractivity contribution in [1.29, 1.82) is 0 Å². The monoisotopic (exact) mass is 284 g/mol. The van der Waals surface area contributed by atoms with Crippen molar-refractivity contribution in [1.82, 2.24) is 0 Å². The number of nitro benzene ring substituents is 1. The van der Waals surface area contributed by atoms with Gasteiger partial charge in [-0.25, -0.2) is 0 Å². The van der Waals surface area contributed by atoms with E-state index in [0.29, 0.717) is 5.69 Å². The maximum Gasteiger partial charge on any atom is 0.271 e. The minimum Gasteiger partial charge on any atom is -0.394 e. The lowest BCUT2D eigenvalue weighted by Gasteiger charge is -2.19. The molecular weight excluding hydrogens is 268 g/mol. The first-order chi connectivity index (χ1) is 9.43. The standard InChI is InChI=1S/C12H16N2O6/c1-6-2-3-7(14(18)19)4-8(6)13-12-11(17)10(16)9(5-15)20-12/h2-4,9-13,15-17H,5H2,1H3/t9-,10-,11+,12+/m1/s1. The van der Waals surface area contributed by atoms with Crippen LogP contribution < -0.4 is 5.32 Å². The van der Waals surface area contributed by atoms with Crippen LogP contribution in [0.1, 0.15) is 5.56 Å². The van der Waals surface area contributed by atoms with Crippen molar-refractivity contribution >= 4 is 11.4 Å². The van der Waals surface area contributed by atoms with Crippen LogP contribution in [0.4, 0.5) is 11.4 Å². The molecule has 110 valence electrons. The Labute approximate surface area is 114 Å². The van der Waals surface area contributed by atoms with E-state index in [0.717, 1.165) is 5.56 Å². The van der Waals surface area contributed by atoms with Crippen LogP contribution >= 0.6 is 0 Å². The number of hydrogen-bond donors (Lipinski definition) is 4. The SMILES string of the molecule is Cc1ccc([N+](=O)[O-])cc1N[C@H]1O[C@H](CO)[C@@H](O)[C@@H]1O. The number of aliphatic hydroxyl groups is 3. The molecule has 4 N–H and O–H groups in total. The van der Waals surface area contributed by atoms with Crippen LogP contribution in [-0.4, -0.2) is 51.4 Å². The molecule has 1 aliphatic rings. The number of benzene rings is 1. The highest BCUT2D eigenvalue weighted by molar-refractivity contribution is 5.57. The number of hydrogen-bond acceptors (Lipinski definition) is 7. The molecule has 0 saturated carbocycles. The van der Waals surface area contributed by atoms with Gasteiger partial charge >= 0.3 is 0 Å². The number of aliphatic hydroxyl groups excluding tert-OH is 3. The summed E-state index contributed by atoms with van der Waals surface area (Å²) in [4.78, 5) is 10.2. The molecule has 0 aromatic heterocycles. The number of nitro groups is 1.